The number of likely N-dealkylation sites (tertiary alicyclic amines) is 1. The van der Waals surface area contributed by atoms with E-state index in [0.29, 0.717) is 5.89 Å². The number of aromatic nitrogens is 4. The van der Waals surface area contributed by atoms with Crippen LogP contribution in [0.2, 0.25) is 0 Å². The Kier molecular flexibility index (Phi) is 3.98. The third-order valence-electron chi connectivity index (χ3n) is 5.34. The molecule has 0 amide bonds. The molecule has 0 aliphatic carbocycles. The number of aryl methyl sites for hydroxylation is 1. The minimum atomic E-state index is 0.290. The largest absolute Gasteiger partial charge is 0.420 e. The summed E-state index contributed by atoms with van der Waals surface area (Å²) in [6.45, 7) is 2.93. The normalized spacial score (nSPS) is 17.7. The Morgan fingerprint density at radius 3 is 2.96 bits per heavy atom. The summed E-state index contributed by atoms with van der Waals surface area (Å²) in [5.41, 5.74) is 3.51. The average Bonchev–Trinajstić information content (AvgIpc) is 3.43. The van der Waals surface area contributed by atoms with E-state index in [1.807, 2.05) is 12.1 Å². The van der Waals surface area contributed by atoms with Crippen LogP contribution in [0, 0.1) is 0 Å². The molecule has 1 fully saturated rings. The molecule has 1 atom stereocenters. The van der Waals surface area contributed by atoms with E-state index in [1.165, 1.54) is 16.5 Å². The molecule has 27 heavy (non-hydrogen) atoms. The van der Waals surface area contributed by atoms with Gasteiger partial charge in [0.25, 0.3) is 0 Å². The predicted molar refractivity (Wildman–Crippen MR) is 103 cm³/mol. The number of benzene rings is 1. The number of fused-ring (bicyclic) bond motifs is 1. The van der Waals surface area contributed by atoms with E-state index in [0.717, 1.165) is 37.5 Å². The van der Waals surface area contributed by atoms with Gasteiger partial charge >= 0.3 is 0 Å². The van der Waals surface area contributed by atoms with Gasteiger partial charge in [-0.15, -0.1) is 10.2 Å². The fourth-order valence-corrected chi connectivity index (χ4v) is 3.98. The maximum absolute atomic E-state index is 5.93. The monoisotopic (exact) mass is 359 g/mol. The van der Waals surface area contributed by atoms with Gasteiger partial charge in [0.05, 0.1) is 11.5 Å². The number of hydrogen-bond donors (Lipinski definition) is 0. The third-order valence-corrected chi connectivity index (χ3v) is 5.34. The summed E-state index contributed by atoms with van der Waals surface area (Å²) >= 11 is 0. The zero-order valence-corrected chi connectivity index (χ0v) is 15.2. The fraction of sp³-hybridized carbons (Fsp3) is 0.286. The molecule has 0 spiro atoms. The molecule has 4 heterocycles. The molecule has 0 unspecified atom stereocenters. The summed E-state index contributed by atoms with van der Waals surface area (Å²) in [6.07, 6.45) is 6.77. The van der Waals surface area contributed by atoms with Crippen molar-refractivity contribution in [1.82, 2.24) is 24.6 Å². The first-order valence-electron chi connectivity index (χ1n) is 9.27. The molecular weight excluding hydrogens is 338 g/mol. The minimum absolute atomic E-state index is 0.290. The van der Waals surface area contributed by atoms with Crippen LogP contribution in [0.4, 0.5) is 0 Å². The SMILES string of the molecule is Cn1cc(CN2CC[C@H](c3nnc(-c4cccnc4)o3)C2)c2ccccc21. The predicted octanol–water partition coefficient (Wildman–Crippen LogP) is 3.61. The van der Waals surface area contributed by atoms with Crippen LogP contribution in [0.5, 0.6) is 0 Å². The van der Waals surface area contributed by atoms with Gasteiger partial charge in [0.2, 0.25) is 11.8 Å². The molecule has 0 radical (unpaired) electrons. The summed E-state index contributed by atoms with van der Waals surface area (Å²) in [6, 6.07) is 12.4. The molecule has 1 aliphatic rings. The van der Waals surface area contributed by atoms with E-state index in [2.05, 4.69) is 62.2 Å². The minimum Gasteiger partial charge on any atom is -0.420 e. The van der Waals surface area contributed by atoms with Gasteiger partial charge in [0.1, 0.15) is 0 Å². The Labute approximate surface area is 157 Å². The second kappa shape index (κ2) is 6.63. The van der Waals surface area contributed by atoms with Gasteiger partial charge in [-0.1, -0.05) is 18.2 Å². The Balaban J connectivity index is 1.31. The smallest absolute Gasteiger partial charge is 0.249 e. The van der Waals surface area contributed by atoms with Gasteiger partial charge in [0, 0.05) is 49.6 Å². The second-order valence-electron chi connectivity index (χ2n) is 7.19. The molecule has 1 aromatic carbocycles. The van der Waals surface area contributed by atoms with Gasteiger partial charge in [-0.25, -0.2) is 0 Å². The van der Waals surface area contributed by atoms with Gasteiger partial charge < -0.3 is 8.98 Å². The second-order valence-corrected chi connectivity index (χ2v) is 7.19. The van der Waals surface area contributed by atoms with E-state index in [-0.39, 0.29) is 5.92 Å². The fourth-order valence-electron chi connectivity index (χ4n) is 3.98. The number of para-hydroxylation sites is 1. The molecule has 4 aromatic rings. The third kappa shape index (κ3) is 3.02. The number of rotatable bonds is 4. The topological polar surface area (TPSA) is 60.0 Å². The van der Waals surface area contributed by atoms with E-state index in [4.69, 9.17) is 4.42 Å². The summed E-state index contributed by atoms with van der Waals surface area (Å²) in [4.78, 5) is 6.59. The molecule has 6 heteroatoms. The zero-order chi connectivity index (χ0) is 18.2. The molecule has 136 valence electrons. The number of pyridine rings is 1. The highest BCUT2D eigenvalue weighted by Gasteiger charge is 2.29. The standard InChI is InChI=1S/C21H21N5O/c1-25-12-17(18-6-2-3-7-19(18)25)14-26-10-8-16(13-26)21-24-23-20(27-21)15-5-4-9-22-11-15/h2-7,9,11-12,16H,8,10,13-14H2,1H3/t16-/m0/s1. The number of hydrogen-bond acceptors (Lipinski definition) is 5. The van der Waals surface area contributed by atoms with E-state index in [9.17, 15) is 0 Å². The number of nitrogens with zero attached hydrogens (tertiary/aromatic N) is 5. The summed E-state index contributed by atoms with van der Waals surface area (Å²) < 4.78 is 8.14. The van der Waals surface area contributed by atoms with E-state index in [1.54, 1.807) is 12.4 Å². The molecule has 1 aliphatic heterocycles. The lowest BCUT2D eigenvalue weighted by Gasteiger charge is -2.14. The van der Waals surface area contributed by atoms with Crippen LogP contribution < -0.4 is 0 Å². The summed E-state index contributed by atoms with van der Waals surface area (Å²) in [7, 11) is 2.11. The Morgan fingerprint density at radius 2 is 2.07 bits per heavy atom. The maximum atomic E-state index is 5.93. The molecule has 6 nitrogen and oxygen atoms in total. The molecular formula is C21H21N5O. The highest BCUT2D eigenvalue weighted by Crippen LogP contribution is 2.30. The van der Waals surface area contributed by atoms with Crippen LogP contribution in [0.15, 0.2) is 59.4 Å². The van der Waals surface area contributed by atoms with Crippen LogP contribution in [0.25, 0.3) is 22.4 Å². The lowest BCUT2D eigenvalue weighted by Crippen LogP contribution is -2.19. The van der Waals surface area contributed by atoms with Crippen LogP contribution in [-0.4, -0.2) is 37.7 Å². The molecule has 3 aromatic heterocycles. The highest BCUT2D eigenvalue weighted by molar-refractivity contribution is 5.83. The quantitative estimate of drug-likeness (QED) is 0.557. The first-order valence-corrected chi connectivity index (χ1v) is 9.27. The summed E-state index contributed by atoms with van der Waals surface area (Å²) in [5, 5.41) is 9.83. The van der Waals surface area contributed by atoms with Crippen molar-refractivity contribution < 1.29 is 4.42 Å². The van der Waals surface area contributed by atoms with Crippen molar-refractivity contribution in [1.29, 1.82) is 0 Å². The first kappa shape index (κ1) is 16.2. The lowest BCUT2D eigenvalue weighted by atomic mass is 10.1. The van der Waals surface area contributed by atoms with Crippen LogP contribution >= 0.6 is 0 Å². The van der Waals surface area contributed by atoms with Crippen LogP contribution in [-0.2, 0) is 13.6 Å². The highest BCUT2D eigenvalue weighted by atomic mass is 16.4. The van der Waals surface area contributed by atoms with Crippen molar-refractivity contribution in [3.63, 3.8) is 0 Å². The van der Waals surface area contributed by atoms with Gasteiger partial charge in [-0.3, -0.25) is 9.88 Å². The van der Waals surface area contributed by atoms with Crippen molar-refractivity contribution in [3.05, 3.63) is 66.4 Å². The maximum Gasteiger partial charge on any atom is 0.249 e. The zero-order valence-electron chi connectivity index (χ0n) is 15.2. The van der Waals surface area contributed by atoms with E-state index >= 15 is 0 Å². The molecule has 1 saturated heterocycles. The Hall–Kier alpha value is -2.99. The van der Waals surface area contributed by atoms with Gasteiger partial charge in [0.15, 0.2) is 0 Å². The van der Waals surface area contributed by atoms with Crippen molar-refractivity contribution in [2.75, 3.05) is 13.1 Å². The lowest BCUT2D eigenvalue weighted by molar-refractivity contribution is 0.321. The molecule has 0 N–H and O–H groups in total. The molecule has 0 saturated carbocycles. The first-order chi connectivity index (χ1) is 13.3. The van der Waals surface area contributed by atoms with Gasteiger partial charge in [-0.2, -0.15) is 0 Å². The van der Waals surface area contributed by atoms with Crippen molar-refractivity contribution in [2.24, 2.45) is 7.05 Å². The van der Waals surface area contributed by atoms with Crippen LogP contribution in [0.3, 0.4) is 0 Å². The molecule has 0 bridgehead atoms. The Morgan fingerprint density at radius 1 is 1.15 bits per heavy atom. The van der Waals surface area contributed by atoms with Crippen molar-refractivity contribution in [3.8, 4) is 11.5 Å². The molecule has 5 rings (SSSR count). The Bertz CT molecular complexity index is 1070. The van der Waals surface area contributed by atoms with Crippen molar-refractivity contribution in [2.45, 2.75) is 18.9 Å². The van der Waals surface area contributed by atoms with Crippen molar-refractivity contribution >= 4 is 10.9 Å². The summed E-state index contributed by atoms with van der Waals surface area (Å²) in [5.74, 6) is 1.57. The average molecular weight is 359 g/mol. The van der Waals surface area contributed by atoms with Crippen LogP contribution in [0.1, 0.15) is 23.8 Å². The van der Waals surface area contributed by atoms with E-state index < -0.39 is 0 Å². The van der Waals surface area contributed by atoms with Gasteiger partial charge in [-0.05, 0) is 36.7 Å².